The Labute approximate surface area is 133 Å². The summed E-state index contributed by atoms with van der Waals surface area (Å²) in [5, 5.41) is 11.2. The third-order valence-electron chi connectivity index (χ3n) is 3.14. The third-order valence-corrected chi connectivity index (χ3v) is 3.79. The van der Waals surface area contributed by atoms with Crippen LogP contribution in [-0.4, -0.2) is 24.3 Å². The van der Waals surface area contributed by atoms with Crippen LogP contribution in [0.1, 0.15) is 17.2 Å². The molecule has 0 saturated heterocycles. The lowest BCUT2D eigenvalue weighted by molar-refractivity contribution is 0.178. The number of halogens is 2. The lowest BCUT2D eigenvalue weighted by Crippen LogP contribution is -2.04. The summed E-state index contributed by atoms with van der Waals surface area (Å²) < 4.78 is 10.4. The number of benzene rings is 1. The van der Waals surface area contributed by atoms with Crippen molar-refractivity contribution in [2.45, 2.75) is 12.5 Å². The van der Waals surface area contributed by atoms with Gasteiger partial charge in [-0.05, 0) is 23.3 Å². The molecule has 2 aromatic rings. The number of hydrogen-bond donors (Lipinski definition) is 1. The van der Waals surface area contributed by atoms with Crippen molar-refractivity contribution in [3.05, 3.63) is 51.8 Å². The highest BCUT2D eigenvalue weighted by Crippen LogP contribution is 2.33. The maximum Gasteiger partial charge on any atom is 0.161 e. The van der Waals surface area contributed by atoms with Crippen molar-refractivity contribution in [2.75, 3.05) is 14.2 Å². The fourth-order valence-electron chi connectivity index (χ4n) is 2.00. The van der Waals surface area contributed by atoms with Gasteiger partial charge in [0.05, 0.1) is 30.4 Å². The highest BCUT2D eigenvalue weighted by atomic mass is 35.5. The van der Waals surface area contributed by atoms with Crippen LogP contribution in [0.15, 0.2) is 30.6 Å². The van der Waals surface area contributed by atoms with Gasteiger partial charge in [-0.15, -0.1) is 0 Å². The van der Waals surface area contributed by atoms with E-state index in [0.29, 0.717) is 32.7 Å². The van der Waals surface area contributed by atoms with Crippen LogP contribution in [0.5, 0.6) is 11.5 Å². The highest BCUT2D eigenvalue weighted by Gasteiger charge is 2.16. The lowest BCUT2D eigenvalue weighted by Gasteiger charge is -2.15. The summed E-state index contributed by atoms with van der Waals surface area (Å²) in [5.41, 5.74) is 1.35. The Morgan fingerprint density at radius 1 is 1.10 bits per heavy atom. The molecule has 4 nitrogen and oxygen atoms in total. The zero-order valence-corrected chi connectivity index (χ0v) is 13.1. The van der Waals surface area contributed by atoms with Crippen molar-refractivity contribution in [1.82, 2.24) is 4.98 Å². The second-order valence-corrected chi connectivity index (χ2v) is 5.23. The Morgan fingerprint density at radius 3 is 2.29 bits per heavy atom. The molecule has 0 fully saturated rings. The topological polar surface area (TPSA) is 51.6 Å². The number of methoxy groups -OCH3 is 2. The van der Waals surface area contributed by atoms with E-state index in [1.165, 1.54) is 12.4 Å². The first-order valence-corrected chi connectivity index (χ1v) is 7.00. The smallest absolute Gasteiger partial charge is 0.161 e. The number of aromatic nitrogens is 1. The number of aliphatic hydroxyl groups excluding tert-OH is 1. The summed E-state index contributed by atoms with van der Waals surface area (Å²) in [5.74, 6) is 1.16. The summed E-state index contributed by atoms with van der Waals surface area (Å²) >= 11 is 12.1. The van der Waals surface area contributed by atoms with Gasteiger partial charge >= 0.3 is 0 Å². The standard InChI is InChI=1S/C15H15Cl2NO3/c1-20-14-4-3-9(5-15(14)21-2)13(19)6-10-11(16)7-18-8-12(10)17/h3-5,7-8,13,19H,6H2,1-2H3/t13-/m1/s1. The van der Waals surface area contributed by atoms with Crippen LogP contribution < -0.4 is 9.47 Å². The maximum absolute atomic E-state index is 10.4. The molecule has 1 aromatic carbocycles. The molecule has 0 aliphatic heterocycles. The minimum Gasteiger partial charge on any atom is -0.493 e. The van der Waals surface area contributed by atoms with Crippen molar-refractivity contribution < 1.29 is 14.6 Å². The van der Waals surface area contributed by atoms with Gasteiger partial charge in [-0.3, -0.25) is 4.98 Å². The predicted octanol–water partition coefficient (Wildman–Crippen LogP) is 3.68. The number of nitrogens with zero attached hydrogens (tertiary/aromatic N) is 1. The van der Waals surface area contributed by atoms with Crippen LogP contribution >= 0.6 is 23.2 Å². The molecule has 0 aliphatic rings. The minimum atomic E-state index is -0.762. The lowest BCUT2D eigenvalue weighted by atomic mass is 10.0. The largest absolute Gasteiger partial charge is 0.493 e. The zero-order chi connectivity index (χ0) is 15.4. The Balaban J connectivity index is 2.26. The summed E-state index contributed by atoms with van der Waals surface area (Å²) in [7, 11) is 3.11. The first-order chi connectivity index (χ1) is 10.1. The predicted molar refractivity (Wildman–Crippen MR) is 82.5 cm³/mol. The zero-order valence-electron chi connectivity index (χ0n) is 11.6. The molecule has 1 N–H and O–H groups in total. The number of pyridine rings is 1. The van der Waals surface area contributed by atoms with Gasteiger partial charge in [0.1, 0.15) is 0 Å². The Kier molecular flexibility index (Phi) is 5.28. The molecule has 0 amide bonds. The first-order valence-electron chi connectivity index (χ1n) is 6.24. The van der Waals surface area contributed by atoms with Crippen LogP contribution in [0.2, 0.25) is 10.0 Å². The SMILES string of the molecule is COc1ccc([C@H](O)Cc2c(Cl)cncc2Cl)cc1OC. The normalized spacial score (nSPS) is 12.0. The van der Waals surface area contributed by atoms with E-state index < -0.39 is 6.10 Å². The molecule has 0 spiro atoms. The van der Waals surface area contributed by atoms with E-state index in [0.717, 1.165) is 0 Å². The van der Waals surface area contributed by atoms with Crippen molar-refractivity contribution in [1.29, 1.82) is 0 Å². The molecule has 112 valence electrons. The third kappa shape index (κ3) is 3.59. The Morgan fingerprint density at radius 2 is 1.71 bits per heavy atom. The fourth-order valence-corrected chi connectivity index (χ4v) is 2.52. The summed E-state index contributed by atoms with van der Waals surface area (Å²) in [6.45, 7) is 0. The van der Waals surface area contributed by atoms with Gasteiger partial charge in [0.25, 0.3) is 0 Å². The Bertz CT molecular complexity index is 614. The molecule has 2 rings (SSSR count). The van der Waals surface area contributed by atoms with Crippen LogP contribution in [0.25, 0.3) is 0 Å². The summed E-state index contributed by atoms with van der Waals surface area (Å²) in [6.07, 6.45) is 2.53. The van der Waals surface area contributed by atoms with Crippen LogP contribution in [-0.2, 0) is 6.42 Å². The van der Waals surface area contributed by atoms with Gasteiger partial charge in [0.2, 0.25) is 0 Å². The first kappa shape index (κ1) is 15.9. The van der Waals surface area contributed by atoms with E-state index in [1.807, 2.05) is 0 Å². The molecule has 1 heterocycles. The fraction of sp³-hybridized carbons (Fsp3) is 0.267. The molecule has 21 heavy (non-hydrogen) atoms. The van der Waals surface area contributed by atoms with Gasteiger partial charge in [-0.1, -0.05) is 29.3 Å². The van der Waals surface area contributed by atoms with Gasteiger partial charge < -0.3 is 14.6 Å². The monoisotopic (exact) mass is 327 g/mol. The number of hydrogen-bond acceptors (Lipinski definition) is 4. The molecule has 0 saturated carbocycles. The van der Waals surface area contributed by atoms with E-state index in [-0.39, 0.29) is 6.42 Å². The highest BCUT2D eigenvalue weighted by molar-refractivity contribution is 6.35. The van der Waals surface area contributed by atoms with Crippen molar-refractivity contribution >= 4 is 23.2 Å². The van der Waals surface area contributed by atoms with Crippen LogP contribution in [0, 0.1) is 0 Å². The number of aliphatic hydroxyl groups is 1. The molecule has 1 atom stereocenters. The molecule has 0 unspecified atom stereocenters. The molecule has 1 aromatic heterocycles. The number of ether oxygens (including phenoxy) is 2. The van der Waals surface area contributed by atoms with E-state index >= 15 is 0 Å². The van der Waals surface area contributed by atoms with Crippen molar-refractivity contribution in [2.24, 2.45) is 0 Å². The summed E-state index contributed by atoms with van der Waals surface area (Å²) in [6, 6.07) is 5.24. The molecule has 0 bridgehead atoms. The van der Waals surface area contributed by atoms with Crippen molar-refractivity contribution in [3.63, 3.8) is 0 Å². The average molecular weight is 328 g/mol. The van der Waals surface area contributed by atoms with E-state index in [2.05, 4.69) is 4.98 Å². The molecular weight excluding hydrogens is 313 g/mol. The van der Waals surface area contributed by atoms with Gasteiger partial charge in [-0.2, -0.15) is 0 Å². The number of rotatable bonds is 5. The molecule has 6 heteroatoms. The van der Waals surface area contributed by atoms with E-state index in [9.17, 15) is 5.11 Å². The van der Waals surface area contributed by atoms with E-state index in [4.69, 9.17) is 32.7 Å². The average Bonchev–Trinajstić information content (AvgIpc) is 2.50. The van der Waals surface area contributed by atoms with Gasteiger partial charge in [0.15, 0.2) is 11.5 Å². The molecule has 0 aliphatic carbocycles. The van der Waals surface area contributed by atoms with Crippen LogP contribution in [0.4, 0.5) is 0 Å². The second-order valence-electron chi connectivity index (χ2n) is 4.42. The molecular formula is C15H15Cl2NO3. The molecule has 0 radical (unpaired) electrons. The maximum atomic E-state index is 10.4. The van der Waals surface area contributed by atoms with Gasteiger partial charge in [0, 0.05) is 18.8 Å². The summed E-state index contributed by atoms with van der Waals surface area (Å²) in [4.78, 5) is 3.89. The van der Waals surface area contributed by atoms with E-state index in [1.54, 1.807) is 32.4 Å². The Hall–Kier alpha value is -1.49. The van der Waals surface area contributed by atoms with Crippen molar-refractivity contribution in [3.8, 4) is 11.5 Å². The van der Waals surface area contributed by atoms with Crippen LogP contribution in [0.3, 0.4) is 0 Å². The minimum absolute atomic E-state index is 0.287. The second kappa shape index (κ2) is 6.98. The van der Waals surface area contributed by atoms with Gasteiger partial charge in [-0.25, -0.2) is 0 Å². The quantitative estimate of drug-likeness (QED) is 0.910.